The van der Waals surface area contributed by atoms with E-state index < -0.39 is 37.6 Å². The third-order valence-electron chi connectivity index (χ3n) is 4.64. The summed E-state index contributed by atoms with van der Waals surface area (Å²) in [4.78, 5) is 32.4. The molecule has 0 aliphatic heterocycles. The van der Waals surface area contributed by atoms with Gasteiger partial charge in [-0.05, 0) is 49.4 Å². The molecule has 1 aromatic heterocycles. The molecule has 12 heteroatoms. The maximum absolute atomic E-state index is 12.9. The van der Waals surface area contributed by atoms with Crippen LogP contribution in [0.5, 0.6) is 5.75 Å². The van der Waals surface area contributed by atoms with Gasteiger partial charge in [-0.2, -0.15) is 0 Å². The van der Waals surface area contributed by atoms with Gasteiger partial charge in [0.2, 0.25) is 0 Å². The minimum atomic E-state index is -1.21. The van der Waals surface area contributed by atoms with Crippen LogP contribution in [0.1, 0.15) is 5.56 Å². The van der Waals surface area contributed by atoms with E-state index in [4.69, 9.17) is 5.11 Å². The standard InChI is InChI=1S/C16H12FN.C6H3N3O7/c1-11-2-8-16-13(10-11)5-9-15(18-16)12-3-6-14(17)7-4-12;10-6-4(8(13)14)1-3(7(11)12)2-5(6)9(15)16/h2-10H,1H3;1-2,10H. The van der Waals surface area contributed by atoms with E-state index in [2.05, 4.69) is 18.0 Å². The van der Waals surface area contributed by atoms with Crippen molar-refractivity contribution in [3.8, 4) is 17.0 Å². The number of nitro benzene ring substituents is 3. The predicted octanol–water partition coefficient (Wildman–Crippen LogP) is 5.47. The number of hydrogen-bond acceptors (Lipinski definition) is 8. The first-order valence-electron chi connectivity index (χ1n) is 9.50. The fraction of sp³-hybridized carbons (Fsp3) is 0.0455. The minimum absolute atomic E-state index is 0.227. The van der Waals surface area contributed by atoms with Gasteiger partial charge in [-0.25, -0.2) is 9.37 Å². The Kier molecular flexibility index (Phi) is 6.71. The van der Waals surface area contributed by atoms with E-state index in [9.17, 15) is 34.7 Å². The summed E-state index contributed by atoms with van der Waals surface area (Å²) in [6.07, 6.45) is 0. The molecular formula is C22H15FN4O7. The molecular weight excluding hydrogens is 451 g/mol. The number of halogens is 1. The van der Waals surface area contributed by atoms with E-state index in [1.165, 1.54) is 17.7 Å². The lowest BCUT2D eigenvalue weighted by Gasteiger charge is -2.04. The molecule has 4 rings (SSSR count). The van der Waals surface area contributed by atoms with Crippen LogP contribution in [-0.2, 0) is 0 Å². The number of nitro groups is 3. The number of phenolic OH excluding ortho intramolecular Hbond substituents is 1. The fourth-order valence-corrected chi connectivity index (χ4v) is 3.00. The SMILES string of the molecule is Cc1ccc2nc(-c3ccc(F)cc3)ccc2c1.O=[N+]([O-])c1cc([N+](=O)[O-])c(O)c([N+](=O)[O-])c1. The lowest BCUT2D eigenvalue weighted by Crippen LogP contribution is -1.97. The number of aromatic nitrogens is 1. The van der Waals surface area contributed by atoms with Crippen LogP contribution in [0.3, 0.4) is 0 Å². The van der Waals surface area contributed by atoms with Gasteiger partial charge in [-0.3, -0.25) is 30.3 Å². The van der Waals surface area contributed by atoms with Crippen molar-refractivity contribution in [1.29, 1.82) is 0 Å². The molecule has 0 aliphatic carbocycles. The third kappa shape index (κ3) is 5.24. The molecule has 172 valence electrons. The molecule has 0 atom stereocenters. The summed E-state index contributed by atoms with van der Waals surface area (Å²) in [5.41, 5.74) is 0.976. The Morgan fingerprint density at radius 3 is 1.91 bits per heavy atom. The lowest BCUT2D eigenvalue weighted by atomic mass is 10.1. The highest BCUT2D eigenvalue weighted by Crippen LogP contribution is 2.39. The minimum Gasteiger partial charge on any atom is -0.497 e. The van der Waals surface area contributed by atoms with E-state index in [1.54, 1.807) is 12.1 Å². The summed E-state index contributed by atoms with van der Waals surface area (Å²) in [5, 5.41) is 41.3. The number of aromatic hydroxyl groups is 1. The smallest absolute Gasteiger partial charge is 0.324 e. The first-order valence-corrected chi connectivity index (χ1v) is 9.50. The Bertz CT molecular complexity index is 1390. The Morgan fingerprint density at radius 1 is 0.794 bits per heavy atom. The van der Waals surface area contributed by atoms with Crippen molar-refractivity contribution < 1.29 is 24.3 Å². The molecule has 0 bridgehead atoms. The van der Waals surface area contributed by atoms with Crippen LogP contribution in [-0.4, -0.2) is 24.9 Å². The largest absolute Gasteiger partial charge is 0.497 e. The summed E-state index contributed by atoms with van der Waals surface area (Å²) < 4.78 is 12.9. The Balaban J connectivity index is 0.000000192. The van der Waals surface area contributed by atoms with Gasteiger partial charge in [0.25, 0.3) is 11.4 Å². The van der Waals surface area contributed by atoms with E-state index in [0.717, 1.165) is 22.2 Å². The summed E-state index contributed by atoms with van der Waals surface area (Å²) in [7, 11) is 0. The van der Waals surface area contributed by atoms with Crippen LogP contribution in [0.15, 0.2) is 66.7 Å². The average molecular weight is 466 g/mol. The van der Waals surface area contributed by atoms with E-state index in [1.807, 2.05) is 24.3 Å². The zero-order chi connectivity index (χ0) is 25.0. The molecule has 0 aliphatic rings. The number of rotatable bonds is 4. The zero-order valence-electron chi connectivity index (χ0n) is 17.4. The summed E-state index contributed by atoms with van der Waals surface area (Å²) >= 11 is 0. The van der Waals surface area contributed by atoms with Crippen LogP contribution in [0.4, 0.5) is 21.5 Å². The third-order valence-corrected chi connectivity index (χ3v) is 4.64. The highest BCUT2D eigenvalue weighted by Gasteiger charge is 2.30. The van der Waals surface area contributed by atoms with Crippen LogP contribution in [0.2, 0.25) is 0 Å². The average Bonchev–Trinajstić information content (AvgIpc) is 2.79. The molecule has 4 aromatic rings. The molecule has 0 fully saturated rings. The number of hydrogen-bond donors (Lipinski definition) is 1. The van der Waals surface area contributed by atoms with Crippen molar-refractivity contribution in [1.82, 2.24) is 4.98 Å². The second-order valence-corrected chi connectivity index (χ2v) is 7.00. The van der Waals surface area contributed by atoms with Crippen molar-refractivity contribution in [3.05, 3.63) is 108 Å². The molecule has 1 N–H and O–H groups in total. The van der Waals surface area contributed by atoms with Crippen LogP contribution in [0.25, 0.3) is 22.2 Å². The van der Waals surface area contributed by atoms with Crippen molar-refractivity contribution in [2.24, 2.45) is 0 Å². The number of benzene rings is 3. The molecule has 11 nitrogen and oxygen atoms in total. The number of nitrogens with zero attached hydrogens (tertiary/aromatic N) is 4. The van der Waals surface area contributed by atoms with Gasteiger partial charge in [-0.1, -0.05) is 17.7 Å². The quantitative estimate of drug-likeness (QED) is 0.306. The van der Waals surface area contributed by atoms with Crippen LogP contribution < -0.4 is 0 Å². The molecule has 34 heavy (non-hydrogen) atoms. The molecule has 0 unspecified atom stereocenters. The van der Waals surface area contributed by atoms with Gasteiger partial charge in [0.1, 0.15) is 5.82 Å². The predicted molar refractivity (Wildman–Crippen MR) is 120 cm³/mol. The molecule has 3 aromatic carbocycles. The number of aryl methyl sites for hydroxylation is 1. The van der Waals surface area contributed by atoms with Crippen molar-refractivity contribution >= 4 is 28.0 Å². The number of non-ortho nitro benzene ring substituents is 1. The van der Waals surface area contributed by atoms with Crippen molar-refractivity contribution in [2.75, 3.05) is 0 Å². The molecule has 0 radical (unpaired) electrons. The van der Waals surface area contributed by atoms with Crippen molar-refractivity contribution in [2.45, 2.75) is 6.92 Å². The molecule has 0 spiro atoms. The molecule has 0 saturated heterocycles. The maximum Gasteiger partial charge on any atom is 0.324 e. The van der Waals surface area contributed by atoms with E-state index >= 15 is 0 Å². The van der Waals surface area contributed by atoms with Gasteiger partial charge < -0.3 is 5.11 Å². The topological polar surface area (TPSA) is 163 Å². The first kappa shape index (κ1) is 23.7. The highest BCUT2D eigenvalue weighted by molar-refractivity contribution is 5.82. The summed E-state index contributed by atoms with van der Waals surface area (Å²) in [6.45, 7) is 2.06. The van der Waals surface area contributed by atoms with E-state index in [-0.39, 0.29) is 5.82 Å². The van der Waals surface area contributed by atoms with Gasteiger partial charge in [-0.15, -0.1) is 0 Å². The molecule has 0 amide bonds. The molecule has 0 saturated carbocycles. The first-order chi connectivity index (χ1) is 16.1. The Labute approximate surface area is 190 Å². The van der Waals surface area contributed by atoms with Gasteiger partial charge in [0.05, 0.1) is 38.1 Å². The second kappa shape index (κ2) is 9.65. The number of fused-ring (bicyclic) bond motifs is 1. The highest BCUT2D eigenvalue weighted by atomic mass is 19.1. The number of pyridine rings is 1. The van der Waals surface area contributed by atoms with Crippen molar-refractivity contribution in [3.63, 3.8) is 0 Å². The molecule has 1 heterocycles. The summed E-state index contributed by atoms with van der Waals surface area (Å²) in [6, 6.07) is 17.5. The van der Waals surface area contributed by atoms with Crippen LogP contribution in [0, 0.1) is 43.1 Å². The van der Waals surface area contributed by atoms with E-state index in [0.29, 0.717) is 12.1 Å². The Hall–Kier alpha value is -5.00. The van der Waals surface area contributed by atoms with Crippen LogP contribution >= 0.6 is 0 Å². The fourth-order valence-electron chi connectivity index (χ4n) is 3.00. The second-order valence-electron chi connectivity index (χ2n) is 7.00. The Morgan fingerprint density at radius 2 is 1.38 bits per heavy atom. The maximum atomic E-state index is 12.9. The number of phenols is 1. The van der Waals surface area contributed by atoms with Gasteiger partial charge in [0, 0.05) is 10.9 Å². The summed E-state index contributed by atoms with van der Waals surface area (Å²) in [5.74, 6) is -1.43. The monoisotopic (exact) mass is 466 g/mol. The normalized spacial score (nSPS) is 10.3. The van der Waals surface area contributed by atoms with Gasteiger partial charge >= 0.3 is 11.4 Å². The zero-order valence-corrected chi connectivity index (χ0v) is 17.4. The lowest BCUT2D eigenvalue weighted by molar-refractivity contribution is -0.404. The van der Waals surface area contributed by atoms with Gasteiger partial charge in [0.15, 0.2) is 0 Å².